The van der Waals surface area contributed by atoms with E-state index in [1.54, 1.807) is 6.07 Å². The molecule has 1 aromatic carbocycles. The van der Waals surface area contributed by atoms with Gasteiger partial charge in [-0.3, -0.25) is 0 Å². The average Bonchev–Trinajstić information content (AvgIpc) is 2.42. The van der Waals surface area contributed by atoms with Gasteiger partial charge in [-0.2, -0.15) is 0 Å². The van der Waals surface area contributed by atoms with Crippen LogP contribution in [-0.2, 0) is 0 Å². The Bertz CT molecular complexity index is 580. The van der Waals surface area contributed by atoms with Gasteiger partial charge in [0.2, 0.25) is 5.88 Å². The van der Waals surface area contributed by atoms with E-state index in [0.29, 0.717) is 11.6 Å². The van der Waals surface area contributed by atoms with Gasteiger partial charge in [-0.05, 0) is 19.1 Å². The van der Waals surface area contributed by atoms with Crippen molar-refractivity contribution in [1.29, 1.82) is 0 Å². The molecule has 2 aromatic rings. The molecule has 1 heterocycles. The number of benzene rings is 1. The Labute approximate surface area is 115 Å². The second-order valence-electron chi connectivity index (χ2n) is 3.91. The molecule has 0 fully saturated rings. The fraction of sp³-hybridized carbons (Fsp3) is 0.231. The maximum atomic E-state index is 13.0. The zero-order valence-electron chi connectivity index (χ0n) is 10.6. The van der Waals surface area contributed by atoms with Crippen molar-refractivity contribution < 1.29 is 9.13 Å². The molecule has 1 aromatic heterocycles. The van der Waals surface area contributed by atoms with E-state index in [9.17, 15) is 4.39 Å². The summed E-state index contributed by atoms with van der Waals surface area (Å²) in [4.78, 5) is 10.1. The minimum Gasteiger partial charge on any atom is -0.439 e. The molecule has 0 saturated heterocycles. The minimum absolute atomic E-state index is 0.0115. The van der Waals surface area contributed by atoms with Crippen molar-refractivity contribution in [1.82, 2.24) is 9.97 Å². The smallest absolute Gasteiger partial charge is 0.224 e. The van der Waals surface area contributed by atoms with Gasteiger partial charge in [0, 0.05) is 25.7 Å². The van der Waals surface area contributed by atoms with E-state index in [2.05, 4.69) is 9.97 Å². The van der Waals surface area contributed by atoms with Crippen molar-refractivity contribution in [3.63, 3.8) is 0 Å². The van der Waals surface area contributed by atoms with Gasteiger partial charge in [0.25, 0.3) is 0 Å². The largest absolute Gasteiger partial charge is 0.439 e. The summed E-state index contributed by atoms with van der Waals surface area (Å²) in [6.07, 6.45) is 1.42. The maximum Gasteiger partial charge on any atom is 0.224 e. The monoisotopic (exact) mass is 281 g/mol. The summed E-state index contributed by atoms with van der Waals surface area (Å²) in [5.74, 6) is 1.08. The third kappa shape index (κ3) is 3.32. The summed E-state index contributed by atoms with van der Waals surface area (Å²) in [5.41, 5.74) is 0. The van der Waals surface area contributed by atoms with E-state index in [1.807, 2.05) is 18.9 Å². The molecule has 6 heteroatoms. The summed E-state index contributed by atoms with van der Waals surface area (Å²) < 4.78 is 18.6. The van der Waals surface area contributed by atoms with E-state index >= 15 is 0 Å². The molecule has 4 nitrogen and oxygen atoms in total. The van der Waals surface area contributed by atoms with Crippen LogP contribution in [0, 0.1) is 5.82 Å². The third-order valence-corrected chi connectivity index (χ3v) is 2.90. The van der Waals surface area contributed by atoms with E-state index < -0.39 is 5.82 Å². The molecule has 0 bridgehead atoms. The molecule has 0 radical (unpaired) electrons. The first kappa shape index (κ1) is 13.5. The van der Waals surface area contributed by atoms with Gasteiger partial charge < -0.3 is 9.64 Å². The Morgan fingerprint density at radius 1 is 1.32 bits per heavy atom. The number of hydrogen-bond acceptors (Lipinski definition) is 4. The molecular weight excluding hydrogens is 269 g/mol. The first-order chi connectivity index (χ1) is 9.10. The normalized spacial score (nSPS) is 10.3. The number of anilines is 1. The van der Waals surface area contributed by atoms with Gasteiger partial charge in [0.1, 0.15) is 23.7 Å². The van der Waals surface area contributed by atoms with Crippen LogP contribution < -0.4 is 9.64 Å². The van der Waals surface area contributed by atoms with Crippen LogP contribution in [0.2, 0.25) is 5.02 Å². The summed E-state index contributed by atoms with van der Waals surface area (Å²) in [7, 11) is 1.92. The number of hydrogen-bond donors (Lipinski definition) is 0. The molecule has 0 amide bonds. The molecule has 0 aliphatic heterocycles. The summed E-state index contributed by atoms with van der Waals surface area (Å²) in [6, 6.07) is 5.85. The van der Waals surface area contributed by atoms with Gasteiger partial charge in [0.15, 0.2) is 0 Å². The molecular formula is C13H13ClFN3O. The van der Waals surface area contributed by atoms with Crippen LogP contribution in [-0.4, -0.2) is 23.6 Å². The predicted octanol–water partition coefficient (Wildman–Crippen LogP) is 3.52. The van der Waals surface area contributed by atoms with Gasteiger partial charge in [-0.15, -0.1) is 0 Å². The summed E-state index contributed by atoms with van der Waals surface area (Å²) in [6.45, 7) is 2.83. The highest BCUT2D eigenvalue weighted by Crippen LogP contribution is 2.26. The fourth-order valence-electron chi connectivity index (χ4n) is 1.42. The van der Waals surface area contributed by atoms with Crippen molar-refractivity contribution >= 4 is 17.4 Å². The first-order valence-corrected chi connectivity index (χ1v) is 6.14. The van der Waals surface area contributed by atoms with E-state index in [1.165, 1.54) is 24.5 Å². The van der Waals surface area contributed by atoms with Crippen molar-refractivity contribution in [2.45, 2.75) is 6.92 Å². The van der Waals surface area contributed by atoms with Gasteiger partial charge in [0.05, 0.1) is 5.02 Å². The lowest BCUT2D eigenvalue weighted by atomic mass is 10.3. The average molecular weight is 282 g/mol. The zero-order valence-corrected chi connectivity index (χ0v) is 11.4. The maximum absolute atomic E-state index is 13.0. The number of aromatic nitrogens is 2. The van der Waals surface area contributed by atoms with Gasteiger partial charge >= 0.3 is 0 Å². The SMILES string of the molecule is CCN(C)c1cc(Oc2ccc(F)c(Cl)c2)ncn1. The topological polar surface area (TPSA) is 38.2 Å². The van der Waals surface area contributed by atoms with Gasteiger partial charge in [-0.1, -0.05) is 11.6 Å². The highest BCUT2D eigenvalue weighted by Gasteiger charge is 2.06. The Hall–Kier alpha value is -1.88. The molecule has 0 unspecified atom stereocenters. The van der Waals surface area contributed by atoms with Crippen LogP contribution in [0.5, 0.6) is 11.6 Å². The van der Waals surface area contributed by atoms with Crippen LogP contribution in [0.25, 0.3) is 0 Å². The third-order valence-electron chi connectivity index (χ3n) is 2.61. The number of halogens is 2. The van der Waals surface area contributed by atoms with Crippen LogP contribution in [0.4, 0.5) is 10.2 Å². The summed E-state index contributed by atoms with van der Waals surface area (Å²) >= 11 is 5.69. The zero-order chi connectivity index (χ0) is 13.8. The first-order valence-electron chi connectivity index (χ1n) is 5.76. The minimum atomic E-state index is -0.483. The quantitative estimate of drug-likeness (QED) is 0.859. The molecule has 0 N–H and O–H groups in total. The molecule has 0 spiro atoms. The van der Waals surface area contributed by atoms with Crippen molar-refractivity contribution in [3.8, 4) is 11.6 Å². The second-order valence-corrected chi connectivity index (χ2v) is 4.31. The lowest BCUT2D eigenvalue weighted by Gasteiger charge is -2.15. The predicted molar refractivity (Wildman–Crippen MR) is 72.5 cm³/mol. The van der Waals surface area contributed by atoms with Crippen molar-refractivity contribution in [2.75, 3.05) is 18.5 Å². The number of rotatable bonds is 4. The van der Waals surface area contributed by atoms with Crippen LogP contribution in [0.3, 0.4) is 0 Å². The molecule has 100 valence electrons. The number of nitrogens with zero attached hydrogens (tertiary/aromatic N) is 3. The Kier molecular flexibility index (Phi) is 4.16. The van der Waals surface area contributed by atoms with Crippen LogP contribution in [0.1, 0.15) is 6.92 Å². The van der Waals surface area contributed by atoms with E-state index in [4.69, 9.17) is 16.3 Å². The standard InChI is InChI=1S/C13H13ClFN3O/c1-3-18(2)12-7-13(17-8-16-12)19-9-4-5-11(15)10(14)6-9/h4-8H,3H2,1-2H3. The second kappa shape index (κ2) is 5.84. The van der Waals surface area contributed by atoms with Crippen LogP contribution >= 0.6 is 11.6 Å². The molecule has 0 aliphatic carbocycles. The Morgan fingerprint density at radius 2 is 2.11 bits per heavy atom. The van der Waals surface area contributed by atoms with Gasteiger partial charge in [-0.25, -0.2) is 14.4 Å². The molecule has 0 aliphatic rings. The highest BCUT2D eigenvalue weighted by atomic mass is 35.5. The summed E-state index contributed by atoms with van der Waals surface area (Å²) in [5, 5.41) is 0.0115. The lowest BCUT2D eigenvalue weighted by molar-refractivity contribution is 0.460. The Morgan fingerprint density at radius 3 is 2.79 bits per heavy atom. The number of ether oxygens (including phenoxy) is 1. The molecule has 2 rings (SSSR count). The van der Waals surface area contributed by atoms with Crippen molar-refractivity contribution in [3.05, 3.63) is 41.4 Å². The van der Waals surface area contributed by atoms with E-state index in [-0.39, 0.29) is 5.02 Å². The Balaban J connectivity index is 2.20. The fourth-order valence-corrected chi connectivity index (χ4v) is 1.59. The highest BCUT2D eigenvalue weighted by molar-refractivity contribution is 6.30. The molecule has 19 heavy (non-hydrogen) atoms. The van der Waals surface area contributed by atoms with Crippen molar-refractivity contribution in [2.24, 2.45) is 0 Å². The molecule has 0 atom stereocenters. The van der Waals surface area contributed by atoms with E-state index in [0.717, 1.165) is 12.4 Å². The van der Waals surface area contributed by atoms with Crippen LogP contribution in [0.15, 0.2) is 30.6 Å². The lowest BCUT2D eigenvalue weighted by Crippen LogP contribution is -2.17. The molecule has 0 saturated carbocycles.